The van der Waals surface area contributed by atoms with Crippen LogP contribution in [0.4, 0.5) is 0 Å². The van der Waals surface area contributed by atoms with Crippen LogP contribution in [0, 0.1) is 0 Å². The lowest BCUT2D eigenvalue weighted by molar-refractivity contribution is -0.167. The molecule has 1 unspecified atom stereocenters. The van der Waals surface area contributed by atoms with E-state index in [9.17, 15) is 14.4 Å². The Kier molecular flexibility index (Phi) is 56.7. The molecule has 0 saturated carbocycles. The van der Waals surface area contributed by atoms with E-state index in [-0.39, 0.29) is 31.1 Å². The Morgan fingerprint density at radius 1 is 0.290 bits per heavy atom. The van der Waals surface area contributed by atoms with Crippen LogP contribution < -0.4 is 0 Å². The first-order valence-corrected chi connectivity index (χ1v) is 30.8. The normalized spacial score (nSPS) is 12.1. The summed E-state index contributed by atoms with van der Waals surface area (Å²) >= 11 is 0. The molecule has 69 heavy (non-hydrogen) atoms. The molecule has 6 nitrogen and oxygen atoms in total. The second-order valence-corrected chi connectivity index (χ2v) is 21.0. The molecule has 0 aromatic rings. The lowest BCUT2D eigenvalue weighted by atomic mass is 10.0. The lowest BCUT2D eigenvalue weighted by Crippen LogP contribution is -2.30. The van der Waals surface area contributed by atoms with Gasteiger partial charge < -0.3 is 14.2 Å². The zero-order valence-corrected chi connectivity index (χ0v) is 46.6. The third-order valence-corrected chi connectivity index (χ3v) is 14.0. The molecule has 0 fully saturated rings. The second-order valence-electron chi connectivity index (χ2n) is 21.0. The van der Waals surface area contributed by atoms with Crippen LogP contribution in [-0.2, 0) is 28.6 Å². The van der Waals surface area contributed by atoms with Crippen LogP contribution in [-0.4, -0.2) is 37.2 Å². The van der Waals surface area contributed by atoms with Gasteiger partial charge in [0.05, 0.1) is 0 Å². The molecule has 0 aromatic carbocycles. The van der Waals surface area contributed by atoms with E-state index >= 15 is 0 Å². The molecule has 0 aliphatic rings. The van der Waals surface area contributed by atoms with Crippen molar-refractivity contribution in [2.45, 2.75) is 348 Å². The van der Waals surface area contributed by atoms with Crippen LogP contribution in [0.15, 0.2) is 24.3 Å². The van der Waals surface area contributed by atoms with Crippen molar-refractivity contribution in [3.63, 3.8) is 0 Å². The molecular weight excluding hydrogens is 853 g/mol. The number of ether oxygens (including phenoxy) is 3. The summed E-state index contributed by atoms with van der Waals surface area (Å²) in [6, 6.07) is 0. The van der Waals surface area contributed by atoms with Crippen LogP contribution in [0.1, 0.15) is 342 Å². The van der Waals surface area contributed by atoms with Crippen molar-refractivity contribution in [1.29, 1.82) is 0 Å². The van der Waals surface area contributed by atoms with Gasteiger partial charge in [0, 0.05) is 19.3 Å². The molecule has 0 N–H and O–H groups in total. The fourth-order valence-corrected chi connectivity index (χ4v) is 9.30. The zero-order valence-electron chi connectivity index (χ0n) is 46.6. The minimum absolute atomic E-state index is 0.0647. The topological polar surface area (TPSA) is 78.9 Å². The Morgan fingerprint density at radius 2 is 0.522 bits per heavy atom. The number of carbonyl (C=O) groups excluding carboxylic acids is 3. The van der Waals surface area contributed by atoms with Gasteiger partial charge in [0.25, 0.3) is 0 Å². The van der Waals surface area contributed by atoms with Crippen LogP contribution in [0.25, 0.3) is 0 Å². The third kappa shape index (κ3) is 56.7. The summed E-state index contributed by atoms with van der Waals surface area (Å²) in [7, 11) is 0. The van der Waals surface area contributed by atoms with Crippen molar-refractivity contribution in [3.05, 3.63) is 24.3 Å². The van der Waals surface area contributed by atoms with Gasteiger partial charge in [0.1, 0.15) is 13.2 Å². The average Bonchev–Trinajstić information content (AvgIpc) is 3.35. The molecule has 0 spiro atoms. The van der Waals surface area contributed by atoms with Gasteiger partial charge in [-0.2, -0.15) is 0 Å². The monoisotopic (exact) mass is 971 g/mol. The Balaban J connectivity index is 4.05. The number of carbonyl (C=O) groups is 3. The van der Waals surface area contributed by atoms with Crippen LogP contribution in [0.3, 0.4) is 0 Å². The van der Waals surface area contributed by atoms with Crippen molar-refractivity contribution in [1.82, 2.24) is 0 Å². The molecule has 0 aliphatic heterocycles. The van der Waals surface area contributed by atoms with Crippen molar-refractivity contribution in [3.8, 4) is 0 Å². The van der Waals surface area contributed by atoms with E-state index in [4.69, 9.17) is 14.2 Å². The van der Waals surface area contributed by atoms with Crippen molar-refractivity contribution < 1.29 is 28.6 Å². The van der Waals surface area contributed by atoms with Crippen molar-refractivity contribution in [2.75, 3.05) is 13.2 Å². The number of esters is 3. The largest absolute Gasteiger partial charge is 0.462 e. The van der Waals surface area contributed by atoms with E-state index < -0.39 is 6.10 Å². The molecule has 0 rings (SSSR count). The van der Waals surface area contributed by atoms with E-state index in [1.165, 1.54) is 238 Å². The molecule has 0 aliphatic carbocycles. The summed E-state index contributed by atoms with van der Waals surface area (Å²) in [5.74, 6) is -0.845. The summed E-state index contributed by atoms with van der Waals surface area (Å²) in [5.41, 5.74) is 0. The standard InChI is InChI=1S/C63H118O6/c1-4-7-10-13-16-19-21-23-24-25-26-27-28-29-30-31-32-33-34-35-36-37-38-40-41-44-47-50-53-56-62(65)68-59-60(58-67-61(64)55-52-49-46-43-18-15-12-9-6-3)69-63(66)57-54-51-48-45-42-39-22-20-17-14-11-8-5-2/h21,23,25-26,60H,4-20,22,24,27-59H2,1-3H3/b23-21-,26-25-. The second kappa shape index (κ2) is 58.5. The highest BCUT2D eigenvalue weighted by molar-refractivity contribution is 5.71. The third-order valence-electron chi connectivity index (χ3n) is 14.0. The number of hydrogen-bond donors (Lipinski definition) is 0. The van der Waals surface area contributed by atoms with Gasteiger partial charge in [-0.25, -0.2) is 0 Å². The van der Waals surface area contributed by atoms with E-state index in [1.54, 1.807) is 0 Å². The fourth-order valence-electron chi connectivity index (χ4n) is 9.30. The van der Waals surface area contributed by atoms with Gasteiger partial charge in [0.2, 0.25) is 0 Å². The predicted octanol–water partition coefficient (Wildman–Crippen LogP) is 20.7. The maximum atomic E-state index is 12.8. The molecule has 6 heteroatoms. The summed E-state index contributed by atoms with van der Waals surface area (Å²) in [6.45, 7) is 6.66. The average molecular weight is 972 g/mol. The maximum absolute atomic E-state index is 12.8. The minimum Gasteiger partial charge on any atom is -0.462 e. The Labute approximate surface area is 430 Å². The minimum atomic E-state index is -0.763. The van der Waals surface area contributed by atoms with Gasteiger partial charge >= 0.3 is 17.9 Å². The molecule has 0 bridgehead atoms. The number of rotatable bonds is 57. The summed E-state index contributed by atoms with van der Waals surface area (Å²) in [5, 5.41) is 0. The van der Waals surface area contributed by atoms with Gasteiger partial charge in [0.15, 0.2) is 6.10 Å². The van der Waals surface area contributed by atoms with Gasteiger partial charge in [-0.05, 0) is 51.4 Å². The number of unbranched alkanes of at least 4 members (excludes halogenated alkanes) is 42. The molecule has 0 heterocycles. The molecule has 0 radical (unpaired) electrons. The molecular formula is C63H118O6. The molecule has 406 valence electrons. The van der Waals surface area contributed by atoms with Gasteiger partial charge in [-0.1, -0.05) is 295 Å². The fraction of sp³-hybridized carbons (Fsp3) is 0.889. The molecule has 1 atom stereocenters. The van der Waals surface area contributed by atoms with E-state index in [1.807, 2.05) is 0 Å². The predicted molar refractivity (Wildman–Crippen MR) is 298 cm³/mol. The molecule has 0 amide bonds. The number of allylic oxidation sites excluding steroid dienone is 4. The molecule has 0 saturated heterocycles. The Hall–Kier alpha value is -2.11. The van der Waals surface area contributed by atoms with Crippen LogP contribution >= 0.6 is 0 Å². The molecule has 0 aromatic heterocycles. The highest BCUT2D eigenvalue weighted by Crippen LogP contribution is 2.17. The van der Waals surface area contributed by atoms with E-state index in [0.29, 0.717) is 19.3 Å². The SMILES string of the molecule is CCCCCCC/C=C\C/C=C\CCCCCCCCCCCCCCCCCCCC(=O)OCC(COC(=O)CCCCCCCCCCC)OC(=O)CCCCCCCCCCCCCCC. The summed E-state index contributed by atoms with van der Waals surface area (Å²) in [4.78, 5) is 38.0. The van der Waals surface area contributed by atoms with Gasteiger partial charge in [-0.3, -0.25) is 14.4 Å². The number of hydrogen-bond acceptors (Lipinski definition) is 6. The first-order valence-electron chi connectivity index (χ1n) is 30.8. The van der Waals surface area contributed by atoms with Crippen molar-refractivity contribution >= 4 is 17.9 Å². The van der Waals surface area contributed by atoms with E-state index in [2.05, 4.69) is 45.1 Å². The van der Waals surface area contributed by atoms with Crippen molar-refractivity contribution in [2.24, 2.45) is 0 Å². The summed E-state index contributed by atoms with van der Waals surface area (Å²) in [6.07, 6.45) is 69.2. The van der Waals surface area contributed by atoms with Crippen LogP contribution in [0.2, 0.25) is 0 Å². The Morgan fingerprint density at radius 3 is 0.797 bits per heavy atom. The lowest BCUT2D eigenvalue weighted by Gasteiger charge is -2.18. The first-order chi connectivity index (χ1) is 34.0. The first kappa shape index (κ1) is 66.9. The maximum Gasteiger partial charge on any atom is 0.306 e. The summed E-state index contributed by atoms with van der Waals surface area (Å²) < 4.78 is 16.8. The zero-order chi connectivity index (χ0) is 50.0. The van der Waals surface area contributed by atoms with Gasteiger partial charge in [-0.15, -0.1) is 0 Å². The quantitative estimate of drug-likeness (QED) is 0.0261. The Bertz CT molecular complexity index is 1110. The smallest absolute Gasteiger partial charge is 0.306 e. The van der Waals surface area contributed by atoms with Crippen LogP contribution in [0.5, 0.6) is 0 Å². The highest BCUT2D eigenvalue weighted by atomic mass is 16.6. The highest BCUT2D eigenvalue weighted by Gasteiger charge is 2.19. The van der Waals surface area contributed by atoms with E-state index in [0.717, 1.165) is 64.2 Å².